The number of pyridine rings is 1. The summed E-state index contributed by atoms with van der Waals surface area (Å²) in [6.07, 6.45) is 4.43. The van der Waals surface area contributed by atoms with Crippen molar-refractivity contribution in [1.82, 2.24) is 24.5 Å². The minimum atomic E-state index is -0.325. The Morgan fingerprint density at radius 3 is 2.80 bits per heavy atom. The van der Waals surface area contributed by atoms with Crippen LogP contribution in [0.5, 0.6) is 17.4 Å². The lowest BCUT2D eigenvalue weighted by Crippen LogP contribution is -2.15. The van der Waals surface area contributed by atoms with Gasteiger partial charge in [0.2, 0.25) is 5.88 Å². The molecular formula is C17H13N5O3. The molecule has 1 aromatic carbocycles. The van der Waals surface area contributed by atoms with Crippen LogP contribution in [0.25, 0.3) is 16.9 Å². The predicted molar refractivity (Wildman–Crippen MR) is 90.2 cm³/mol. The summed E-state index contributed by atoms with van der Waals surface area (Å²) in [5.74, 6) is 0.967. The smallest absolute Gasteiger partial charge is 0.332 e. The van der Waals surface area contributed by atoms with Gasteiger partial charge in [0.1, 0.15) is 23.3 Å². The largest absolute Gasteiger partial charge is 0.508 e. The van der Waals surface area contributed by atoms with Crippen molar-refractivity contribution in [1.29, 1.82) is 0 Å². The quantitative estimate of drug-likeness (QED) is 0.595. The Bertz CT molecular complexity index is 1120. The zero-order valence-electron chi connectivity index (χ0n) is 13.2. The van der Waals surface area contributed by atoms with Crippen molar-refractivity contribution < 1.29 is 9.84 Å². The van der Waals surface area contributed by atoms with Crippen LogP contribution < -0.4 is 10.4 Å². The van der Waals surface area contributed by atoms with Crippen LogP contribution in [0.2, 0.25) is 0 Å². The van der Waals surface area contributed by atoms with Crippen LogP contribution in [0.4, 0.5) is 0 Å². The molecule has 0 atom stereocenters. The van der Waals surface area contributed by atoms with Crippen LogP contribution >= 0.6 is 0 Å². The number of nitrogens with one attached hydrogen (secondary N) is 1. The molecule has 2 N–H and O–H groups in total. The van der Waals surface area contributed by atoms with Crippen LogP contribution in [0.1, 0.15) is 5.56 Å². The second-order valence-electron chi connectivity index (χ2n) is 5.43. The van der Waals surface area contributed by atoms with E-state index in [-0.39, 0.29) is 11.4 Å². The summed E-state index contributed by atoms with van der Waals surface area (Å²) >= 11 is 0. The van der Waals surface area contributed by atoms with E-state index in [1.54, 1.807) is 31.2 Å². The van der Waals surface area contributed by atoms with Gasteiger partial charge in [-0.25, -0.2) is 24.3 Å². The monoisotopic (exact) mass is 335 g/mol. The van der Waals surface area contributed by atoms with Gasteiger partial charge in [-0.15, -0.1) is 0 Å². The van der Waals surface area contributed by atoms with E-state index < -0.39 is 0 Å². The van der Waals surface area contributed by atoms with E-state index >= 15 is 0 Å². The van der Waals surface area contributed by atoms with Gasteiger partial charge in [-0.3, -0.25) is 0 Å². The number of fused-ring (bicyclic) bond motifs is 1. The Hall–Kier alpha value is -3.68. The highest BCUT2D eigenvalue weighted by atomic mass is 16.5. The van der Waals surface area contributed by atoms with Crippen molar-refractivity contribution in [3.05, 3.63) is 65.1 Å². The van der Waals surface area contributed by atoms with Crippen molar-refractivity contribution in [2.45, 2.75) is 6.92 Å². The van der Waals surface area contributed by atoms with Crippen LogP contribution in [0.15, 0.2) is 53.8 Å². The molecule has 3 heterocycles. The minimum absolute atomic E-state index is 0.152. The molecule has 4 rings (SSSR count). The Balaban J connectivity index is 1.66. The molecule has 0 unspecified atom stereocenters. The molecule has 0 saturated carbocycles. The van der Waals surface area contributed by atoms with E-state index in [0.29, 0.717) is 28.5 Å². The molecule has 0 saturated heterocycles. The number of aromatic amines is 1. The summed E-state index contributed by atoms with van der Waals surface area (Å²) in [5, 5.41) is 9.72. The van der Waals surface area contributed by atoms with Crippen molar-refractivity contribution in [3.63, 3.8) is 0 Å². The highest BCUT2D eigenvalue weighted by Gasteiger charge is 2.10. The van der Waals surface area contributed by atoms with Crippen LogP contribution in [0.3, 0.4) is 0 Å². The zero-order chi connectivity index (χ0) is 17.4. The molecule has 0 amide bonds. The predicted octanol–water partition coefficient (Wildman–Crippen LogP) is 2.31. The third kappa shape index (κ3) is 2.69. The average molecular weight is 335 g/mol. The Labute approximate surface area is 141 Å². The van der Waals surface area contributed by atoms with Gasteiger partial charge in [-0.05, 0) is 24.6 Å². The second kappa shape index (κ2) is 5.75. The highest BCUT2D eigenvalue weighted by molar-refractivity contribution is 5.71. The molecule has 0 aliphatic heterocycles. The lowest BCUT2D eigenvalue weighted by molar-refractivity contribution is 0.443. The fourth-order valence-electron chi connectivity index (χ4n) is 2.43. The van der Waals surface area contributed by atoms with Crippen molar-refractivity contribution >= 4 is 11.2 Å². The summed E-state index contributed by atoms with van der Waals surface area (Å²) in [4.78, 5) is 27.0. The number of hydrogen-bond donors (Lipinski definition) is 2. The van der Waals surface area contributed by atoms with Crippen LogP contribution in [-0.2, 0) is 0 Å². The number of aromatic nitrogens is 5. The van der Waals surface area contributed by atoms with E-state index in [0.717, 1.165) is 5.56 Å². The number of benzene rings is 1. The fraction of sp³-hybridized carbons (Fsp3) is 0.0588. The molecule has 4 aromatic rings. The first kappa shape index (κ1) is 14.9. The number of rotatable bonds is 3. The van der Waals surface area contributed by atoms with Gasteiger partial charge < -0.3 is 14.8 Å². The third-order valence-electron chi connectivity index (χ3n) is 3.73. The third-order valence-corrected chi connectivity index (χ3v) is 3.73. The first-order valence-electron chi connectivity index (χ1n) is 7.46. The molecule has 0 fully saturated rings. The maximum Gasteiger partial charge on any atom is 0.332 e. The summed E-state index contributed by atoms with van der Waals surface area (Å²) in [5.41, 5.74) is 2.00. The Morgan fingerprint density at radius 1 is 1.16 bits per heavy atom. The van der Waals surface area contributed by atoms with Gasteiger partial charge >= 0.3 is 5.69 Å². The standard InChI is InChI=1S/C17H13N5O3/c1-10-2-4-12(6-14(10)23)25-15-5-3-11(7-19-15)22-16-13(21-17(22)24)8-18-9-20-16/h2-9,23H,1H3,(H,21,24). The molecule has 0 radical (unpaired) electrons. The number of H-pyrrole nitrogens is 1. The molecule has 8 heteroatoms. The number of hydrogen-bond acceptors (Lipinski definition) is 6. The summed E-state index contributed by atoms with van der Waals surface area (Å²) < 4.78 is 7.02. The molecule has 0 bridgehead atoms. The average Bonchev–Trinajstić information content (AvgIpc) is 2.95. The van der Waals surface area contributed by atoms with Crippen molar-refractivity contribution in [2.24, 2.45) is 0 Å². The fourth-order valence-corrected chi connectivity index (χ4v) is 2.43. The highest BCUT2D eigenvalue weighted by Crippen LogP contribution is 2.26. The summed E-state index contributed by atoms with van der Waals surface area (Å²) in [7, 11) is 0. The maximum absolute atomic E-state index is 12.1. The summed E-state index contributed by atoms with van der Waals surface area (Å²) in [6, 6.07) is 8.36. The zero-order valence-corrected chi connectivity index (χ0v) is 13.2. The first-order valence-corrected chi connectivity index (χ1v) is 7.46. The number of ether oxygens (including phenoxy) is 1. The van der Waals surface area contributed by atoms with Gasteiger partial charge in [-0.2, -0.15) is 0 Å². The van der Waals surface area contributed by atoms with Crippen molar-refractivity contribution in [3.8, 4) is 23.1 Å². The van der Waals surface area contributed by atoms with Gasteiger partial charge in [0.15, 0.2) is 5.65 Å². The molecule has 3 aromatic heterocycles. The van der Waals surface area contributed by atoms with E-state index in [2.05, 4.69) is 19.9 Å². The van der Waals surface area contributed by atoms with E-state index in [4.69, 9.17) is 4.74 Å². The molecule has 124 valence electrons. The molecule has 0 spiro atoms. The lowest BCUT2D eigenvalue weighted by atomic mass is 10.2. The molecule has 0 aliphatic rings. The maximum atomic E-state index is 12.1. The summed E-state index contributed by atoms with van der Waals surface area (Å²) in [6.45, 7) is 1.80. The van der Waals surface area contributed by atoms with Crippen molar-refractivity contribution in [2.75, 3.05) is 0 Å². The number of phenols is 1. The minimum Gasteiger partial charge on any atom is -0.508 e. The number of phenolic OH excluding ortho intramolecular Hbond substituents is 1. The van der Waals surface area contributed by atoms with E-state index in [1.807, 2.05) is 0 Å². The van der Waals surface area contributed by atoms with Gasteiger partial charge in [0.25, 0.3) is 0 Å². The van der Waals surface area contributed by atoms with E-state index in [9.17, 15) is 9.90 Å². The second-order valence-corrected chi connectivity index (χ2v) is 5.43. The number of aryl methyl sites for hydroxylation is 1. The van der Waals surface area contributed by atoms with Gasteiger partial charge in [-0.1, -0.05) is 6.07 Å². The Morgan fingerprint density at radius 2 is 2.04 bits per heavy atom. The topological polar surface area (TPSA) is 106 Å². The van der Waals surface area contributed by atoms with Gasteiger partial charge in [0, 0.05) is 12.1 Å². The number of imidazole rings is 1. The lowest BCUT2D eigenvalue weighted by Gasteiger charge is -2.07. The van der Waals surface area contributed by atoms with Crippen LogP contribution in [0, 0.1) is 6.92 Å². The first-order chi connectivity index (χ1) is 12.1. The molecule has 0 aliphatic carbocycles. The molecule has 25 heavy (non-hydrogen) atoms. The number of nitrogens with zero attached hydrogens (tertiary/aromatic N) is 4. The van der Waals surface area contributed by atoms with Gasteiger partial charge in [0.05, 0.1) is 18.1 Å². The normalized spacial score (nSPS) is 10.9. The molecule has 8 nitrogen and oxygen atoms in total. The van der Waals surface area contributed by atoms with Crippen LogP contribution in [-0.4, -0.2) is 29.6 Å². The SMILES string of the molecule is Cc1ccc(Oc2ccc(-n3c(=O)[nH]c4cncnc43)cn2)cc1O. The van der Waals surface area contributed by atoms with E-state index in [1.165, 1.54) is 29.4 Å². The molecular weight excluding hydrogens is 322 g/mol. The number of aromatic hydroxyl groups is 1. The Kier molecular flexibility index (Phi) is 3.42.